The third-order valence-electron chi connectivity index (χ3n) is 4.48. The van der Waals surface area contributed by atoms with Gasteiger partial charge in [-0.05, 0) is 43.4 Å². The number of hydrogen-bond donors (Lipinski definition) is 4. The Labute approximate surface area is 216 Å². The zero-order valence-electron chi connectivity index (χ0n) is 20.1. The molecule has 0 aliphatic heterocycles. The molecule has 0 unspecified atom stereocenters. The van der Waals surface area contributed by atoms with Gasteiger partial charge in [0.2, 0.25) is 20.0 Å². The number of halogens is 3. The van der Waals surface area contributed by atoms with Crippen LogP contribution in [-0.2, 0) is 24.8 Å². The van der Waals surface area contributed by atoms with E-state index in [1.807, 2.05) is 0 Å². The first-order valence-corrected chi connectivity index (χ1v) is 13.2. The van der Waals surface area contributed by atoms with Crippen molar-refractivity contribution < 1.29 is 39.9 Å². The van der Waals surface area contributed by atoms with E-state index in [9.17, 15) is 30.0 Å². The van der Waals surface area contributed by atoms with Crippen LogP contribution in [0.3, 0.4) is 0 Å². The van der Waals surface area contributed by atoms with Gasteiger partial charge in [-0.25, -0.2) is 40.6 Å². The van der Waals surface area contributed by atoms with Gasteiger partial charge in [-0.3, -0.25) is 0 Å². The van der Waals surface area contributed by atoms with Crippen molar-refractivity contribution in [2.45, 2.75) is 16.0 Å². The van der Waals surface area contributed by atoms with E-state index in [0.717, 1.165) is 4.31 Å². The van der Waals surface area contributed by atoms with Gasteiger partial charge >= 0.3 is 12.1 Å². The summed E-state index contributed by atoms with van der Waals surface area (Å²) in [5.41, 5.74) is 1.06. The smallest absolute Gasteiger partial charge is 0.475 e. The Morgan fingerprint density at radius 1 is 0.868 bits per heavy atom. The molecule has 3 rings (SSSR count). The lowest BCUT2D eigenvalue weighted by Gasteiger charge is -2.13. The average molecular weight is 577 g/mol. The number of sulfonamides is 2. The van der Waals surface area contributed by atoms with Crippen LogP contribution in [0.15, 0.2) is 70.7 Å². The second-order valence-corrected chi connectivity index (χ2v) is 11.4. The highest BCUT2D eigenvalue weighted by molar-refractivity contribution is 7.89. The number of hydrogen-bond acceptors (Lipinski definition) is 9. The third kappa shape index (κ3) is 8.37. The van der Waals surface area contributed by atoms with Crippen LogP contribution in [0.1, 0.15) is 0 Å². The molecule has 0 amide bonds. The average Bonchev–Trinajstić information content (AvgIpc) is 2.84. The van der Waals surface area contributed by atoms with Gasteiger partial charge in [0.15, 0.2) is 0 Å². The molecule has 0 aliphatic carbocycles. The largest absolute Gasteiger partial charge is 0.490 e. The fourth-order valence-electron chi connectivity index (χ4n) is 2.59. The van der Waals surface area contributed by atoms with Crippen LogP contribution in [0.4, 0.5) is 36.2 Å². The van der Waals surface area contributed by atoms with E-state index in [4.69, 9.17) is 9.90 Å². The van der Waals surface area contributed by atoms with Crippen LogP contribution in [0, 0.1) is 0 Å². The molecule has 0 atom stereocenters. The number of nitrogens with zero attached hydrogens (tertiary/aromatic N) is 3. The minimum absolute atomic E-state index is 0.117. The maximum absolute atomic E-state index is 12.3. The molecule has 0 bridgehead atoms. The molecular formula is C21H23F3N6O6S2. The molecule has 0 saturated carbocycles. The predicted molar refractivity (Wildman–Crippen MR) is 132 cm³/mol. The van der Waals surface area contributed by atoms with Gasteiger partial charge in [0, 0.05) is 31.5 Å². The highest BCUT2D eigenvalue weighted by Gasteiger charge is 2.38. The summed E-state index contributed by atoms with van der Waals surface area (Å²) < 4.78 is 83.8. The molecular weight excluding hydrogens is 553 g/mol. The van der Waals surface area contributed by atoms with E-state index in [2.05, 4.69) is 25.3 Å². The van der Waals surface area contributed by atoms with E-state index in [0.29, 0.717) is 23.0 Å². The Kier molecular flexibility index (Phi) is 9.74. The normalized spacial score (nSPS) is 11.9. The van der Waals surface area contributed by atoms with Gasteiger partial charge < -0.3 is 15.7 Å². The molecule has 1 heterocycles. The lowest BCUT2D eigenvalue weighted by Crippen LogP contribution is -2.22. The topological polar surface area (TPSA) is 171 Å². The van der Waals surface area contributed by atoms with E-state index in [1.165, 1.54) is 51.7 Å². The lowest BCUT2D eigenvalue weighted by atomic mass is 10.3. The summed E-state index contributed by atoms with van der Waals surface area (Å²) in [5.74, 6) is -1.91. The summed E-state index contributed by atoms with van der Waals surface area (Å²) >= 11 is 0. The summed E-state index contributed by atoms with van der Waals surface area (Å²) in [6.07, 6.45) is -3.75. The highest BCUT2D eigenvalue weighted by Crippen LogP contribution is 2.23. The van der Waals surface area contributed by atoms with Gasteiger partial charge in [-0.15, -0.1) is 0 Å². The first-order valence-electron chi connectivity index (χ1n) is 10.3. The van der Waals surface area contributed by atoms with Crippen molar-refractivity contribution in [1.82, 2.24) is 19.0 Å². The van der Waals surface area contributed by atoms with E-state index >= 15 is 0 Å². The molecule has 0 aliphatic rings. The molecule has 4 N–H and O–H groups in total. The number of aliphatic carboxylic acids is 1. The van der Waals surface area contributed by atoms with Crippen molar-refractivity contribution in [1.29, 1.82) is 0 Å². The summed E-state index contributed by atoms with van der Waals surface area (Å²) in [6.45, 7) is 0. The van der Waals surface area contributed by atoms with E-state index in [-0.39, 0.29) is 9.79 Å². The third-order valence-corrected chi connectivity index (χ3v) is 7.70. The second-order valence-electron chi connectivity index (χ2n) is 7.39. The molecule has 0 fully saturated rings. The van der Waals surface area contributed by atoms with Gasteiger partial charge in [0.25, 0.3) is 0 Å². The maximum Gasteiger partial charge on any atom is 0.490 e. The summed E-state index contributed by atoms with van der Waals surface area (Å²) in [6, 6.07) is 14.3. The lowest BCUT2D eigenvalue weighted by molar-refractivity contribution is -0.192. The molecule has 1 aromatic heterocycles. The zero-order chi connectivity index (χ0) is 28.7. The van der Waals surface area contributed by atoms with Crippen LogP contribution >= 0.6 is 0 Å². The van der Waals surface area contributed by atoms with Crippen LogP contribution in [0.5, 0.6) is 0 Å². The van der Waals surface area contributed by atoms with Gasteiger partial charge in [0.1, 0.15) is 18.0 Å². The van der Waals surface area contributed by atoms with Crippen LogP contribution in [0.25, 0.3) is 0 Å². The molecule has 0 spiro atoms. The molecule has 2 aromatic carbocycles. The van der Waals surface area contributed by atoms with Crippen molar-refractivity contribution in [2.75, 3.05) is 31.8 Å². The zero-order valence-corrected chi connectivity index (χ0v) is 21.7. The number of rotatable bonds is 8. The first-order chi connectivity index (χ1) is 17.6. The number of anilines is 4. The number of alkyl halides is 3. The number of carboxylic acids is 1. The molecule has 206 valence electrons. The minimum Gasteiger partial charge on any atom is -0.475 e. The number of carboxylic acid groups (broad SMARTS) is 1. The van der Waals surface area contributed by atoms with Gasteiger partial charge in [-0.1, -0.05) is 12.1 Å². The molecule has 0 radical (unpaired) electrons. The van der Waals surface area contributed by atoms with E-state index < -0.39 is 32.2 Å². The number of aromatic nitrogens is 2. The highest BCUT2D eigenvalue weighted by atomic mass is 32.2. The predicted octanol–water partition coefficient (Wildman–Crippen LogP) is 2.76. The summed E-state index contributed by atoms with van der Waals surface area (Å²) in [7, 11) is -2.86. The molecule has 38 heavy (non-hydrogen) atoms. The Bertz CT molecular complexity index is 1500. The quantitative estimate of drug-likeness (QED) is 0.313. The summed E-state index contributed by atoms with van der Waals surface area (Å²) in [4.78, 5) is 17.4. The van der Waals surface area contributed by atoms with E-state index in [1.54, 1.807) is 30.3 Å². The maximum atomic E-state index is 12.3. The fourth-order valence-corrected chi connectivity index (χ4v) is 4.32. The molecule has 3 aromatic rings. The Balaban J connectivity index is 0.000000638. The molecule has 0 saturated heterocycles. The number of nitrogens with one attached hydrogen (secondary N) is 3. The van der Waals surface area contributed by atoms with Crippen LogP contribution < -0.4 is 15.4 Å². The van der Waals surface area contributed by atoms with Gasteiger partial charge in [-0.2, -0.15) is 13.2 Å². The van der Waals surface area contributed by atoms with Crippen LogP contribution in [-0.4, -0.2) is 69.5 Å². The number of benzene rings is 2. The Hall–Kier alpha value is -3.80. The van der Waals surface area contributed by atoms with Crippen LogP contribution in [0.2, 0.25) is 0 Å². The minimum atomic E-state index is -5.08. The van der Waals surface area contributed by atoms with Crippen molar-refractivity contribution in [2.24, 2.45) is 0 Å². The second kappa shape index (κ2) is 12.2. The van der Waals surface area contributed by atoms with Crippen molar-refractivity contribution in [3.63, 3.8) is 0 Å². The Morgan fingerprint density at radius 2 is 1.32 bits per heavy atom. The summed E-state index contributed by atoms with van der Waals surface area (Å²) in [5, 5.41) is 13.2. The molecule has 17 heteroatoms. The standard InChI is InChI=1S/C19H22N6O4S2.C2HF3O2/c1-20-30(26,27)16-8-4-6-14(10-16)23-18-12-19(22-13-21-18)24-15-7-5-9-17(11-15)31(28,29)25(2)3;3-2(4,5)1(6)7/h4-13,20H,1-3H3,(H2,21,22,23,24);(H,6,7). The van der Waals surface area contributed by atoms with Gasteiger partial charge in [0.05, 0.1) is 9.79 Å². The fraction of sp³-hybridized carbons (Fsp3) is 0.190. The monoisotopic (exact) mass is 576 g/mol. The Morgan fingerprint density at radius 3 is 1.74 bits per heavy atom. The van der Waals surface area contributed by atoms with Crippen molar-refractivity contribution in [3.05, 3.63) is 60.9 Å². The van der Waals surface area contributed by atoms with Crippen molar-refractivity contribution in [3.8, 4) is 0 Å². The first kappa shape index (κ1) is 30.4. The number of carbonyl (C=O) groups is 1. The molecule has 12 nitrogen and oxygen atoms in total. The van der Waals surface area contributed by atoms with Crippen molar-refractivity contribution >= 4 is 49.0 Å². The SMILES string of the molecule is CNS(=O)(=O)c1cccc(Nc2cc(Nc3cccc(S(=O)(=O)N(C)C)c3)ncn2)c1.O=C(O)C(F)(F)F.